The molecule has 0 saturated carbocycles. The molecule has 1 unspecified atom stereocenters. The molecule has 1 saturated heterocycles. The van der Waals surface area contributed by atoms with Gasteiger partial charge in [0, 0.05) is 31.5 Å². The van der Waals surface area contributed by atoms with Gasteiger partial charge in [0.05, 0.1) is 18.8 Å². The number of anilines is 1. The van der Waals surface area contributed by atoms with Crippen molar-refractivity contribution in [2.75, 3.05) is 25.2 Å². The number of benzene rings is 1. The van der Waals surface area contributed by atoms with Crippen molar-refractivity contribution in [1.29, 1.82) is 0 Å². The van der Waals surface area contributed by atoms with Crippen LogP contribution in [0, 0.1) is 5.82 Å². The minimum Gasteiger partial charge on any atom is -0.441 e. The molecule has 1 aliphatic heterocycles. The van der Waals surface area contributed by atoms with Crippen molar-refractivity contribution < 1.29 is 32.4 Å². The minimum atomic E-state index is -4.20. The molecule has 0 spiro atoms. The number of ether oxygens (including phenoxy) is 1. The number of aryl methyl sites for hydroxylation is 1. The third-order valence-corrected chi connectivity index (χ3v) is 5.65. The lowest BCUT2D eigenvalue weighted by Crippen LogP contribution is -2.25. The fourth-order valence-corrected chi connectivity index (χ4v) is 3.55. The van der Waals surface area contributed by atoms with Crippen LogP contribution in [0.25, 0.3) is 22.6 Å². The number of phosphoric acid groups is 1. The number of hydrogen-bond donors (Lipinski definition) is 1. The molecule has 2 aromatic heterocycles. The standard InChI is InChI=1S/C18H18FN6O6P/c1-24-17(21-22-23-24)16-6-3-11(8-20-16)14-5-4-12(7-15(14)19)25-9-13(31-18(25)26)10-30-32(27,28)29-2/h3-8,13H,9-10H2,1-2H3,(H,27,28)/t13-/m1/s1. The van der Waals surface area contributed by atoms with Crippen molar-refractivity contribution in [3.63, 3.8) is 0 Å². The molecule has 14 heteroatoms. The first-order valence-electron chi connectivity index (χ1n) is 9.27. The fraction of sp³-hybridized carbons (Fsp3) is 0.278. The second-order valence-electron chi connectivity index (χ2n) is 6.79. The molecule has 168 valence electrons. The molecule has 1 N–H and O–H groups in total. The van der Waals surface area contributed by atoms with Crippen LogP contribution in [-0.2, 0) is 25.4 Å². The van der Waals surface area contributed by atoms with E-state index in [4.69, 9.17) is 9.26 Å². The van der Waals surface area contributed by atoms with E-state index in [1.165, 1.54) is 27.9 Å². The molecule has 0 aliphatic carbocycles. The number of cyclic esters (lactones) is 1. The van der Waals surface area contributed by atoms with E-state index in [-0.39, 0.29) is 24.4 Å². The van der Waals surface area contributed by atoms with Crippen LogP contribution in [0.15, 0.2) is 36.5 Å². The lowest BCUT2D eigenvalue weighted by Gasteiger charge is -2.15. The topological polar surface area (TPSA) is 142 Å². The Morgan fingerprint density at radius 3 is 2.78 bits per heavy atom. The van der Waals surface area contributed by atoms with Crippen molar-refractivity contribution >= 4 is 19.6 Å². The smallest absolute Gasteiger partial charge is 0.441 e. The summed E-state index contributed by atoms with van der Waals surface area (Å²) in [6.45, 7) is -0.327. The van der Waals surface area contributed by atoms with E-state index < -0.39 is 25.8 Å². The third-order valence-electron chi connectivity index (χ3n) is 4.72. The maximum atomic E-state index is 14.8. The number of amides is 1. The zero-order valence-electron chi connectivity index (χ0n) is 17.0. The molecule has 1 amide bonds. The Morgan fingerprint density at radius 1 is 1.34 bits per heavy atom. The Morgan fingerprint density at radius 2 is 2.16 bits per heavy atom. The lowest BCUT2D eigenvalue weighted by atomic mass is 10.1. The van der Waals surface area contributed by atoms with Crippen molar-refractivity contribution in [3.8, 4) is 22.6 Å². The van der Waals surface area contributed by atoms with Crippen molar-refractivity contribution in [3.05, 3.63) is 42.3 Å². The molecule has 3 heterocycles. The van der Waals surface area contributed by atoms with Gasteiger partial charge in [0.25, 0.3) is 0 Å². The van der Waals surface area contributed by atoms with Crippen LogP contribution in [-0.4, -0.2) is 62.5 Å². The molecule has 3 aromatic rings. The van der Waals surface area contributed by atoms with E-state index in [0.717, 1.165) is 7.11 Å². The summed E-state index contributed by atoms with van der Waals surface area (Å²) in [4.78, 5) is 26.9. The maximum Gasteiger partial charge on any atom is 0.472 e. The molecule has 0 bridgehead atoms. The second-order valence-corrected chi connectivity index (χ2v) is 8.35. The molecule has 2 atom stereocenters. The van der Waals surface area contributed by atoms with Gasteiger partial charge in [0.1, 0.15) is 17.6 Å². The largest absolute Gasteiger partial charge is 0.472 e. The van der Waals surface area contributed by atoms with Gasteiger partial charge in [-0.1, -0.05) is 6.07 Å². The lowest BCUT2D eigenvalue weighted by molar-refractivity contribution is 0.0833. The molecule has 0 radical (unpaired) electrons. The molecule has 1 fully saturated rings. The van der Waals surface area contributed by atoms with Gasteiger partial charge in [-0.25, -0.2) is 18.4 Å². The number of carbonyl (C=O) groups excluding carboxylic acids is 1. The van der Waals surface area contributed by atoms with E-state index in [1.807, 2.05) is 0 Å². The molecular weight excluding hydrogens is 446 g/mol. The highest BCUT2D eigenvalue weighted by atomic mass is 31.2. The number of aromatic nitrogens is 5. The number of carbonyl (C=O) groups is 1. The van der Waals surface area contributed by atoms with Crippen molar-refractivity contribution in [1.82, 2.24) is 25.2 Å². The molecule has 12 nitrogen and oxygen atoms in total. The molecule has 1 aromatic carbocycles. The van der Waals surface area contributed by atoms with E-state index >= 15 is 0 Å². The molecule has 1 aliphatic rings. The van der Waals surface area contributed by atoms with Crippen LogP contribution in [0.2, 0.25) is 0 Å². The number of tetrazole rings is 1. The summed E-state index contributed by atoms with van der Waals surface area (Å²) >= 11 is 0. The summed E-state index contributed by atoms with van der Waals surface area (Å²) in [5, 5.41) is 11.2. The van der Waals surface area contributed by atoms with E-state index in [0.29, 0.717) is 17.1 Å². The number of nitrogens with zero attached hydrogens (tertiary/aromatic N) is 6. The van der Waals surface area contributed by atoms with Gasteiger partial charge in [0.15, 0.2) is 5.82 Å². The van der Waals surface area contributed by atoms with Crippen LogP contribution >= 0.6 is 7.82 Å². The quantitative estimate of drug-likeness (QED) is 0.517. The third kappa shape index (κ3) is 4.50. The molecular formula is C18H18FN6O6P. The van der Waals surface area contributed by atoms with Crippen LogP contribution in [0.4, 0.5) is 14.9 Å². The average Bonchev–Trinajstić information content (AvgIpc) is 3.38. The number of rotatable bonds is 7. The maximum absolute atomic E-state index is 14.8. The Hall–Kier alpha value is -3.25. The first kappa shape index (κ1) is 22.0. The fourth-order valence-electron chi connectivity index (χ4n) is 3.09. The summed E-state index contributed by atoms with van der Waals surface area (Å²) in [5.41, 5.74) is 1.62. The Kier molecular flexibility index (Phi) is 5.98. The Bertz CT molecular complexity index is 1190. The van der Waals surface area contributed by atoms with Crippen LogP contribution in [0.3, 0.4) is 0 Å². The summed E-state index contributed by atoms with van der Waals surface area (Å²) in [6, 6.07) is 7.66. The highest BCUT2D eigenvalue weighted by Crippen LogP contribution is 2.42. The highest BCUT2D eigenvalue weighted by Gasteiger charge is 2.34. The Balaban J connectivity index is 1.48. The number of pyridine rings is 1. The number of phosphoric ester groups is 1. The molecule has 32 heavy (non-hydrogen) atoms. The zero-order chi connectivity index (χ0) is 22.9. The van der Waals surface area contributed by atoms with Gasteiger partial charge in [0.2, 0.25) is 0 Å². The van der Waals surface area contributed by atoms with Crippen molar-refractivity contribution in [2.24, 2.45) is 7.05 Å². The van der Waals surface area contributed by atoms with Gasteiger partial charge < -0.3 is 9.63 Å². The van der Waals surface area contributed by atoms with Crippen molar-refractivity contribution in [2.45, 2.75) is 6.10 Å². The Labute approximate surface area is 181 Å². The summed E-state index contributed by atoms with van der Waals surface area (Å²) in [5.74, 6) is -0.0920. The highest BCUT2D eigenvalue weighted by molar-refractivity contribution is 7.47. The van der Waals surface area contributed by atoms with Gasteiger partial charge in [-0.3, -0.25) is 18.9 Å². The minimum absolute atomic E-state index is 0.0172. The second kappa shape index (κ2) is 8.71. The average molecular weight is 464 g/mol. The van der Waals surface area contributed by atoms with Gasteiger partial charge >= 0.3 is 13.9 Å². The van der Waals surface area contributed by atoms with E-state index in [2.05, 4.69) is 25.0 Å². The van der Waals surface area contributed by atoms with Crippen LogP contribution in [0.1, 0.15) is 0 Å². The van der Waals surface area contributed by atoms with Gasteiger partial charge in [-0.2, -0.15) is 0 Å². The predicted molar refractivity (Wildman–Crippen MR) is 108 cm³/mol. The zero-order valence-corrected chi connectivity index (χ0v) is 17.8. The van der Waals surface area contributed by atoms with Crippen LogP contribution < -0.4 is 4.90 Å². The predicted octanol–water partition coefficient (Wildman–Crippen LogP) is 2.17. The summed E-state index contributed by atoms with van der Waals surface area (Å²) in [6.07, 6.45) is -0.0327. The molecule has 4 rings (SSSR count). The first-order chi connectivity index (χ1) is 15.3. The summed E-state index contributed by atoms with van der Waals surface area (Å²) in [7, 11) is -1.49. The number of hydrogen-bond acceptors (Lipinski definition) is 9. The van der Waals surface area contributed by atoms with Gasteiger partial charge in [-0.05, 0) is 34.7 Å². The van der Waals surface area contributed by atoms with E-state index in [1.54, 1.807) is 25.2 Å². The van der Waals surface area contributed by atoms with E-state index in [9.17, 15) is 18.6 Å². The first-order valence-corrected chi connectivity index (χ1v) is 10.8. The normalized spacial score (nSPS) is 17.9. The summed E-state index contributed by atoms with van der Waals surface area (Å²) < 4.78 is 41.8. The number of halogens is 1. The SMILES string of the molecule is COP(=O)(O)OC[C@H]1CN(c2ccc(-c3ccc(-c4nnnn4C)nc3)c(F)c2)C(=O)O1. The van der Waals surface area contributed by atoms with Gasteiger partial charge in [-0.15, -0.1) is 5.10 Å². The monoisotopic (exact) mass is 464 g/mol. The van der Waals surface area contributed by atoms with Crippen LogP contribution in [0.5, 0.6) is 0 Å².